The zero-order valence-corrected chi connectivity index (χ0v) is 17.4. The second-order valence-electron chi connectivity index (χ2n) is 7.30. The molecule has 0 atom stereocenters. The summed E-state index contributed by atoms with van der Waals surface area (Å²) in [6, 6.07) is 17.1. The van der Waals surface area contributed by atoms with Gasteiger partial charge in [-0.15, -0.1) is 0 Å². The minimum absolute atomic E-state index is 0.170. The van der Waals surface area contributed by atoms with Crippen LogP contribution in [0.2, 0.25) is 0 Å². The highest BCUT2D eigenvalue weighted by atomic mass is 19.1. The van der Waals surface area contributed by atoms with Crippen molar-refractivity contribution in [2.45, 2.75) is 0 Å². The number of halogens is 1. The Bertz CT molecular complexity index is 1010. The predicted octanol–water partition coefficient (Wildman–Crippen LogP) is 3.93. The van der Waals surface area contributed by atoms with Crippen molar-refractivity contribution in [1.29, 1.82) is 0 Å². The third kappa shape index (κ3) is 5.06. The first kappa shape index (κ1) is 20.9. The van der Waals surface area contributed by atoms with Crippen molar-refractivity contribution in [3.63, 3.8) is 0 Å². The minimum atomic E-state index is -0.374. The van der Waals surface area contributed by atoms with E-state index in [0.717, 1.165) is 31.1 Å². The largest absolute Gasteiger partial charge is 0.497 e. The van der Waals surface area contributed by atoms with Crippen molar-refractivity contribution in [2.75, 3.05) is 46.4 Å². The average molecular weight is 424 g/mol. The third-order valence-electron chi connectivity index (χ3n) is 5.35. The molecule has 0 N–H and O–H groups in total. The van der Waals surface area contributed by atoms with Crippen LogP contribution < -0.4 is 9.47 Å². The van der Waals surface area contributed by atoms with Crippen molar-refractivity contribution in [1.82, 2.24) is 9.80 Å². The fourth-order valence-corrected chi connectivity index (χ4v) is 3.55. The summed E-state index contributed by atoms with van der Waals surface area (Å²) in [4.78, 5) is 16.8. The van der Waals surface area contributed by atoms with E-state index in [2.05, 4.69) is 4.90 Å². The number of rotatable bonds is 7. The number of furan rings is 1. The standard InChI is InChI=1S/C24H25FN2O4/c1-29-18-6-8-19(9-7-18)30-17-16-26-12-14-27(15-13-26)24(28)23-11-10-22(31-23)20-4-2-3-5-21(20)25/h2-11H,12-17H2,1H3. The first-order valence-corrected chi connectivity index (χ1v) is 10.3. The van der Waals surface area contributed by atoms with Gasteiger partial charge in [-0.1, -0.05) is 12.1 Å². The highest BCUT2D eigenvalue weighted by Gasteiger charge is 2.24. The number of methoxy groups -OCH3 is 1. The quantitative estimate of drug-likeness (QED) is 0.575. The smallest absolute Gasteiger partial charge is 0.289 e. The molecule has 31 heavy (non-hydrogen) atoms. The second kappa shape index (κ2) is 9.66. The molecule has 0 radical (unpaired) electrons. The number of hydrogen-bond acceptors (Lipinski definition) is 5. The number of hydrogen-bond donors (Lipinski definition) is 0. The lowest BCUT2D eigenvalue weighted by Gasteiger charge is -2.34. The van der Waals surface area contributed by atoms with Gasteiger partial charge in [0.15, 0.2) is 5.76 Å². The van der Waals surface area contributed by atoms with Gasteiger partial charge in [-0.2, -0.15) is 0 Å². The Morgan fingerprint density at radius 1 is 0.968 bits per heavy atom. The van der Waals surface area contributed by atoms with Gasteiger partial charge in [0.1, 0.15) is 29.7 Å². The Hall–Kier alpha value is -3.32. The molecular formula is C24H25FN2O4. The molecule has 7 heteroatoms. The van der Waals surface area contributed by atoms with Crippen LogP contribution in [0.25, 0.3) is 11.3 Å². The van der Waals surface area contributed by atoms with Gasteiger partial charge in [0, 0.05) is 32.7 Å². The molecule has 2 heterocycles. The van der Waals surface area contributed by atoms with Crippen molar-refractivity contribution < 1.29 is 23.1 Å². The van der Waals surface area contributed by atoms with Crippen molar-refractivity contribution >= 4 is 5.91 Å². The zero-order chi connectivity index (χ0) is 21.6. The van der Waals surface area contributed by atoms with Crippen LogP contribution in [-0.2, 0) is 0 Å². The van der Waals surface area contributed by atoms with E-state index in [4.69, 9.17) is 13.9 Å². The van der Waals surface area contributed by atoms with Crippen LogP contribution in [0.4, 0.5) is 4.39 Å². The molecule has 1 aliphatic heterocycles. The molecule has 0 saturated carbocycles. The van der Waals surface area contributed by atoms with E-state index >= 15 is 0 Å². The lowest BCUT2D eigenvalue weighted by atomic mass is 10.1. The summed E-state index contributed by atoms with van der Waals surface area (Å²) in [6.45, 7) is 4.10. The van der Waals surface area contributed by atoms with E-state index in [1.54, 1.807) is 42.3 Å². The van der Waals surface area contributed by atoms with E-state index < -0.39 is 0 Å². The first-order chi connectivity index (χ1) is 15.1. The predicted molar refractivity (Wildman–Crippen MR) is 115 cm³/mol. The summed E-state index contributed by atoms with van der Waals surface area (Å²) in [6.07, 6.45) is 0. The van der Waals surface area contributed by atoms with Crippen LogP contribution in [0, 0.1) is 5.82 Å². The first-order valence-electron chi connectivity index (χ1n) is 10.3. The van der Waals surface area contributed by atoms with Gasteiger partial charge in [0.25, 0.3) is 5.91 Å². The van der Waals surface area contributed by atoms with E-state index in [0.29, 0.717) is 31.0 Å². The van der Waals surface area contributed by atoms with E-state index in [1.807, 2.05) is 24.3 Å². The fourth-order valence-electron chi connectivity index (χ4n) is 3.55. The summed E-state index contributed by atoms with van der Waals surface area (Å²) >= 11 is 0. The molecule has 0 spiro atoms. The molecule has 4 rings (SSSR count). The lowest BCUT2D eigenvalue weighted by molar-refractivity contribution is 0.0591. The number of carbonyl (C=O) groups is 1. The summed E-state index contributed by atoms with van der Waals surface area (Å²) < 4.78 is 30.5. The molecule has 1 fully saturated rings. The Kier molecular flexibility index (Phi) is 6.52. The van der Waals surface area contributed by atoms with Gasteiger partial charge in [0.05, 0.1) is 12.7 Å². The Balaban J connectivity index is 1.25. The van der Waals surface area contributed by atoms with E-state index in [-0.39, 0.29) is 17.5 Å². The molecule has 0 bridgehead atoms. The lowest BCUT2D eigenvalue weighted by Crippen LogP contribution is -2.49. The van der Waals surface area contributed by atoms with Crippen LogP contribution in [0.5, 0.6) is 11.5 Å². The molecule has 0 aliphatic carbocycles. The SMILES string of the molecule is COc1ccc(OCCN2CCN(C(=O)c3ccc(-c4ccccc4F)o3)CC2)cc1. The Labute approximate surface area is 180 Å². The maximum absolute atomic E-state index is 14.0. The van der Waals surface area contributed by atoms with Crippen LogP contribution in [0.15, 0.2) is 65.1 Å². The molecule has 3 aromatic rings. The Morgan fingerprint density at radius 3 is 2.39 bits per heavy atom. The van der Waals surface area contributed by atoms with Gasteiger partial charge in [-0.25, -0.2) is 4.39 Å². The normalized spacial score (nSPS) is 14.5. The highest BCUT2D eigenvalue weighted by molar-refractivity contribution is 5.92. The number of piperazine rings is 1. The van der Waals surface area contributed by atoms with E-state index in [9.17, 15) is 9.18 Å². The van der Waals surface area contributed by atoms with Crippen LogP contribution >= 0.6 is 0 Å². The minimum Gasteiger partial charge on any atom is -0.497 e. The van der Waals surface area contributed by atoms with Crippen LogP contribution in [0.3, 0.4) is 0 Å². The molecule has 1 aliphatic rings. The number of benzene rings is 2. The zero-order valence-electron chi connectivity index (χ0n) is 17.4. The van der Waals surface area contributed by atoms with Crippen LogP contribution in [0.1, 0.15) is 10.6 Å². The molecule has 0 unspecified atom stereocenters. The third-order valence-corrected chi connectivity index (χ3v) is 5.35. The Morgan fingerprint density at radius 2 is 1.68 bits per heavy atom. The van der Waals surface area contributed by atoms with Gasteiger partial charge < -0.3 is 18.8 Å². The van der Waals surface area contributed by atoms with Crippen LogP contribution in [-0.4, -0.2) is 62.1 Å². The number of ether oxygens (including phenoxy) is 2. The maximum atomic E-state index is 14.0. The summed E-state index contributed by atoms with van der Waals surface area (Å²) in [5, 5.41) is 0. The van der Waals surface area contributed by atoms with Crippen molar-refractivity contribution in [3.8, 4) is 22.8 Å². The van der Waals surface area contributed by atoms with Crippen molar-refractivity contribution in [3.05, 3.63) is 72.2 Å². The summed E-state index contributed by atoms with van der Waals surface area (Å²) in [5.41, 5.74) is 0.350. The molecule has 1 aromatic heterocycles. The number of carbonyl (C=O) groups excluding carboxylic acids is 1. The average Bonchev–Trinajstić information content (AvgIpc) is 3.30. The summed E-state index contributed by atoms with van der Waals surface area (Å²) in [5.74, 6) is 1.65. The highest BCUT2D eigenvalue weighted by Crippen LogP contribution is 2.25. The fraction of sp³-hybridized carbons (Fsp3) is 0.292. The molecule has 1 saturated heterocycles. The molecule has 2 aromatic carbocycles. The number of nitrogens with zero attached hydrogens (tertiary/aromatic N) is 2. The summed E-state index contributed by atoms with van der Waals surface area (Å²) in [7, 11) is 1.63. The topological polar surface area (TPSA) is 55.2 Å². The molecule has 6 nitrogen and oxygen atoms in total. The monoisotopic (exact) mass is 424 g/mol. The molecular weight excluding hydrogens is 399 g/mol. The molecule has 162 valence electrons. The van der Waals surface area contributed by atoms with Crippen molar-refractivity contribution in [2.24, 2.45) is 0 Å². The van der Waals surface area contributed by atoms with Gasteiger partial charge >= 0.3 is 0 Å². The van der Waals surface area contributed by atoms with E-state index in [1.165, 1.54) is 6.07 Å². The number of amides is 1. The molecule has 1 amide bonds. The van der Waals surface area contributed by atoms with Gasteiger partial charge in [-0.05, 0) is 48.5 Å². The maximum Gasteiger partial charge on any atom is 0.289 e. The van der Waals surface area contributed by atoms with Gasteiger partial charge in [-0.3, -0.25) is 9.69 Å². The van der Waals surface area contributed by atoms with Gasteiger partial charge in [0.2, 0.25) is 0 Å². The second-order valence-corrected chi connectivity index (χ2v) is 7.30.